The fraction of sp³-hybridized carbons (Fsp3) is 0.444. The highest BCUT2D eigenvalue weighted by Gasteiger charge is 2.33. The molecular formula is C18H21N3O5. The Morgan fingerprint density at radius 2 is 1.85 bits per heavy atom. The monoisotopic (exact) mass is 359 g/mol. The average Bonchev–Trinajstić information content (AvgIpc) is 2.61. The molecule has 1 aromatic rings. The van der Waals surface area contributed by atoms with E-state index >= 15 is 0 Å². The molecule has 0 unspecified atom stereocenters. The number of nitro groups is 1. The van der Waals surface area contributed by atoms with Gasteiger partial charge in [0.2, 0.25) is 0 Å². The lowest BCUT2D eigenvalue weighted by atomic mass is 9.94. The average molecular weight is 359 g/mol. The molecule has 8 nitrogen and oxygen atoms in total. The van der Waals surface area contributed by atoms with Gasteiger partial charge in [0.05, 0.1) is 16.5 Å². The number of allylic oxidation sites excluding steroid dienone is 1. The molecule has 1 heterocycles. The summed E-state index contributed by atoms with van der Waals surface area (Å²) >= 11 is 0. The molecule has 8 heteroatoms. The quantitative estimate of drug-likeness (QED) is 0.487. The zero-order valence-electron chi connectivity index (χ0n) is 14.5. The molecule has 2 aliphatic rings. The van der Waals surface area contributed by atoms with Crippen LogP contribution in [0.15, 0.2) is 35.5 Å². The number of urea groups is 1. The van der Waals surface area contributed by atoms with Gasteiger partial charge in [-0.3, -0.25) is 10.1 Å². The molecule has 1 saturated carbocycles. The second-order valence-corrected chi connectivity index (χ2v) is 6.58. The molecule has 3 rings (SSSR count). The lowest BCUT2D eigenvalue weighted by Crippen LogP contribution is -2.45. The number of hydrogen-bond acceptors (Lipinski definition) is 5. The van der Waals surface area contributed by atoms with Gasteiger partial charge in [-0.05, 0) is 50.3 Å². The molecule has 0 bridgehead atoms. The minimum Gasteiger partial charge on any atom is -0.459 e. The number of benzene rings is 1. The Morgan fingerprint density at radius 3 is 2.46 bits per heavy atom. The molecule has 0 aromatic heterocycles. The number of nitro benzene ring substituents is 1. The largest absolute Gasteiger partial charge is 0.459 e. The highest BCUT2D eigenvalue weighted by atomic mass is 16.6. The van der Waals surface area contributed by atoms with Gasteiger partial charge in [0, 0.05) is 17.8 Å². The second-order valence-electron chi connectivity index (χ2n) is 6.58. The van der Waals surface area contributed by atoms with Gasteiger partial charge in [-0.1, -0.05) is 6.42 Å². The highest BCUT2D eigenvalue weighted by molar-refractivity contribution is 5.95. The number of carbonyl (C=O) groups excluding carboxylic acids is 2. The molecule has 26 heavy (non-hydrogen) atoms. The Morgan fingerprint density at radius 1 is 1.19 bits per heavy atom. The molecule has 2 amide bonds. The van der Waals surface area contributed by atoms with Crippen LogP contribution in [0.5, 0.6) is 0 Å². The Bertz CT molecular complexity index is 751. The zero-order chi connectivity index (χ0) is 18.7. The van der Waals surface area contributed by atoms with Gasteiger partial charge >= 0.3 is 12.0 Å². The maximum Gasteiger partial charge on any atom is 0.338 e. The normalized spacial score (nSPS) is 21.0. The molecule has 2 N–H and O–H groups in total. The third-order valence-corrected chi connectivity index (χ3v) is 4.75. The molecule has 1 aromatic carbocycles. The number of carbonyl (C=O) groups is 2. The lowest BCUT2D eigenvalue weighted by Gasteiger charge is -2.30. The number of nitrogens with zero attached hydrogens (tertiary/aromatic N) is 1. The van der Waals surface area contributed by atoms with Crippen LogP contribution < -0.4 is 10.6 Å². The molecule has 1 fully saturated rings. The summed E-state index contributed by atoms with van der Waals surface area (Å²) in [6.45, 7) is 1.65. The van der Waals surface area contributed by atoms with E-state index in [1.165, 1.54) is 24.3 Å². The summed E-state index contributed by atoms with van der Waals surface area (Å²) in [5.41, 5.74) is 1.28. The highest BCUT2D eigenvalue weighted by Crippen LogP contribution is 2.30. The molecule has 0 radical (unpaired) electrons. The maximum absolute atomic E-state index is 12.8. The van der Waals surface area contributed by atoms with Gasteiger partial charge in [0.15, 0.2) is 0 Å². The molecule has 1 aliphatic heterocycles. The van der Waals surface area contributed by atoms with Crippen molar-refractivity contribution >= 4 is 17.7 Å². The summed E-state index contributed by atoms with van der Waals surface area (Å²) in [7, 11) is 0. The minimum absolute atomic E-state index is 0.0546. The van der Waals surface area contributed by atoms with Crippen LogP contribution in [0.3, 0.4) is 0 Å². The van der Waals surface area contributed by atoms with Crippen molar-refractivity contribution in [2.24, 2.45) is 0 Å². The molecule has 0 saturated heterocycles. The Balaban J connectivity index is 1.86. The summed E-state index contributed by atoms with van der Waals surface area (Å²) in [6, 6.07) is 4.64. The van der Waals surface area contributed by atoms with E-state index < -0.39 is 23.0 Å². The van der Waals surface area contributed by atoms with Crippen molar-refractivity contribution in [3.05, 3.63) is 51.2 Å². The van der Waals surface area contributed by atoms with Gasteiger partial charge in [0.25, 0.3) is 5.69 Å². The SMILES string of the molecule is CC1=C(C(=O)OC2CCCCC2)[C@@H](c2ccc([N+](=O)[O-])cc2)NC(=O)N1. The summed E-state index contributed by atoms with van der Waals surface area (Å²) in [5.74, 6) is -0.467. The van der Waals surface area contributed by atoms with E-state index in [0.29, 0.717) is 16.8 Å². The van der Waals surface area contributed by atoms with Gasteiger partial charge in [-0.15, -0.1) is 0 Å². The number of rotatable bonds is 4. The number of non-ortho nitro benzene ring substituents is 1. The first-order valence-corrected chi connectivity index (χ1v) is 8.69. The van der Waals surface area contributed by atoms with Crippen LogP contribution in [0, 0.1) is 10.1 Å². The molecule has 138 valence electrons. The summed E-state index contributed by atoms with van der Waals surface area (Å²) < 4.78 is 5.65. The van der Waals surface area contributed by atoms with Crippen molar-refractivity contribution in [2.45, 2.75) is 51.2 Å². The Hall–Kier alpha value is -2.90. The van der Waals surface area contributed by atoms with Gasteiger partial charge < -0.3 is 15.4 Å². The molecule has 1 atom stereocenters. The van der Waals surface area contributed by atoms with Crippen molar-refractivity contribution in [3.8, 4) is 0 Å². The molecule has 1 aliphatic carbocycles. The summed E-state index contributed by atoms with van der Waals surface area (Å²) in [4.78, 5) is 35.0. The first kappa shape index (κ1) is 17.9. The maximum atomic E-state index is 12.8. The smallest absolute Gasteiger partial charge is 0.338 e. The van der Waals surface area contributed by atoms with Gasteiger partial charge in [0.1, 0.15) is 6.10 Å². The number of ether oxygens (including phenoxy) is 1. The third kappa shape index (κ3) is 3.84. The van der Waals surface area contributed by atoms with E-state index in [9.17, 15) is 19.7 Å². The number of hydrogen-bond donors (Lipinski definition) is 2. The van der Waals surface area contributed by atoms with Gasteiger partial charge in [-0.2, -0.15) is 0 Å². The lowest BCUT2D eigenvalue weighted by molar-refractivity contribution is -0.384. The van der Waals surface area contributed by atoms with E-state index in [0.717, 1.165) is 32.1 Å². The molecular weight excluding hydrogens is 338 g/mol. The van der Waals surface area contributed by atoms with Crippen molar-refractivity contribution in [2.75, 3.05) is 0 Å². The molecule has 0 spiro atoms. The zero-order valence-corrected chi connectivity index (χ0v) is 14.5. The summed E-state index contributed by atoms with van der Waals surface area (Å²) in [5, 5.41) is 16.1. The van der Waals surface area contributed by atoms with Crippen molar-refractivity contribution in [1.29, 1.82) is 0 Å². The van der Waals surface area contributed by atoms with E-state index in [1.54, 1.807) is 6.92 Å². The van der Waals surface area contributed by atoms with E-state index in [-0.39, 0.29) is 11.8 Å². The number of amides is 2. The topological polar surface area (TPSA) is 111 Å². The third-order valence-electron chi connectivity index (χ3n) is 4.75. The van der Waals surface area contributed by atoms with Crippen LogP contribution in [0.25, 0.3) is 0 Å². The first-order valence-electron chi connectivity index (χ1n) is 8.69. The Labute approximate surface area is 150 Å². The van der Waals surface area contributed by atoms with Crippen LogP contribution in [-0.4, -0.2) is 23.0 Å². The van der Waals surface area contributed by atoms with Crippen LogP contribution in [-0.2, 0) is 9.53 Å². The first-order chi connectivity index (χ1) is 12.5. The fourth-order valence-corrected chi connectivity index (χ4v) is 3.40. The predicted molar refractivity (Wildman–Crippen MR) is 93.2 cm³/mol. The fourth-order valence-electron chi connectivity index (χ4n) is 3.40. The number of nitrogens with one attached hydrogen (secondary N) is 2. The Kier molecular flexibility index (Phi) is 5.20. The number of esters is 1. The van der Waals surface area contributed by atoms with Crippen molar-refractivity contribution in [1.82, 2.24) is 10.6 Å². The van der Waals surface area contributed by atoms with E-state index in [2.05, 4.69) is 10.6 Å². The van der Waals surface area contributed by atoms with E-state index in [1.807, 2.05) is 0 Å². The van der Waals surface area contributed by atoms with Crippen LogP contribution in [0.4, 0.5) is 10.5 Å². The van der Waals surface area contributed by atoms with Crippen molar-refractivity contribution < 1.29 is 19.2 Å². The van der Waals surface area contributed by atoms with Crippen LogP contribution in [0.1, 0.15) is 50.6 Å². The predicted octanol–water partition coefficient (Wildman–Crippen LogP) is 3.10. The van der Waals surface area contributed by atoms with E-state index in [4.69, 9.17) is 4.74 Å². The standard InChI is InChI=1S/C18H21N3O5/c1-11-15(17(22)26-14-5-3-2-4-6-14)16(20-18(23)19-11)12-7-9-13(10-8-12)21(24)25/h7-10,14,16H,2-6H2,1H3,(H2,19,20,23)/t16-/m1/s1. The minimum atomic E-state index is -0.708. The van der Waals surface area contributed by atoms with Crippen LogP contribution in [0.2, 0.25) is 0 Å². The second kappa shape index (κ2) is 7.55. The van der Waals surface area contributed by atoms with Crippen molar-refractivity contribution in [3.63, 3.8) is 0 Å². The van der Waals surface area contributed by atoms with Crippen LogP contribution >= 0.6 is 0 Å². The van der Waals surface area contributed by atoms with Gasteiger partial charge in [-0.25, -0.2) is 9.59 Å². The summed E-state index contributed by atoms with van der Waals surface area (Å²) in [6.07, 6.45) is 4.82.